The molecule has 17 heteroatoms. The van der Waals surface area contributed by atoms with Crippen LogP contribution in [0.4, 0.5) is 28.8 Å². The predicted molar refractivity (Wildman–Crippen MR) is 272 cm³/mol. The number of β-amino-alcohol motifs (C(OH)–C–C–N with tert-alkyl or cyclic N) is 1. The molecule has 0 unspecified atom stereocenters. The molecule has 4 heterocycles. The number of para-hydroxylation sites is 1. The van der Waals surface area contributed by atoms with Crippen molar-refractivity contribution in [3.05, 3.63) is 107 Å². The zero-order valence-electron chi connectivity index (χ0n) is 40.8. The van der Waals surface area contributed by atoms with Gasteiger partial charge in [-0.05, 0) is 92.5 Å². The molecule has 5 N–H and O–H groups in total. The maximum Gasteiger partial charge on any atom is 0.260 e. The summed E-state index contributed by atoms with van der Waals surface area (Å²) in [5, 5.41) is 22.9. The summed E-state index contributed by atoms with van der Waals surface area (Å²) in [5.74, 6) is -0.336. The minimum absolute atomic E-state index is 0.00799. The fourth-order valence-corrected chi connectivity index (χ4v) is 10.4. The van der Waals surface area contributed by atoms with Gasteiger partial charge in [0.05, 0.1) is 45.7 Å². The maximum absolute atomic E-state index is 14.1. The summed E-state index contributed by atoms with van der Waals surface area (Å²) in [5.41, 5.74) is 7.36. The van der Waals surface area contributed by atoms with Gasteiger partial charge in [0.25, 0.3) is 11.8 Å². The zero-order valence-corrected chi connectivity index (χ0v) is 41.6. The lowest BCUT2D eigenvalue weighted by atomic mass is 9.85. The highest BCUT2D eigenvalue weighted by atomic mass is 32.1. The van der Waals surface area contributed by atoms with Gasteiger partial charge in [-0.1, -0.05) is 76.4 Å². The summed E-state index contributed by atoms with van der Waals surface area (Å²) in [4.78, 5) is 87.9. The highest BCUT2D eigenvalue weighted by Gasteiger charge is 2.45. The fraction of sp³-hybridized carbons (Fsp3) is 0.434. The number of aromatic nitrogens is 3. The lowest BCUT2D eigenvalue weighted by Crippen LogP contribution is -2.57. The molecule has 368 valence electrons. The second-order valence-electron chi connectivity index (χ2n) is 19.7. The van der Waals surface area contributed by atoms with Crippen LogP contribution in [0.15, 0.2) is 84.5 Å². The quantitative estimate of drug-likeness (QED) is 0.0600. The van der Waals surface area contributed by atoms with Crippen molar-refractivity contribution in [3.8, 4) is 10.4 Å². The number of carbonyl (C=O) groups is 5. The van der Waals surface area contributed by atoms with E-state index >= 15 is 0 Å². The van der Waals surface area contributed by atoms with Crippen molar-refractivity contribution in [3.63, 3.8) is 0 Å². The molecule has 3 aliphatic rings. The Morgan fingerprint density at radius 3 is 2.33 bits per heavy atom. The first-order valence-corrected chi connectivity index (χ1v) is 25.2. The van der Waals surface area contributed by atoms with Gasteiger partial charge in [-0.15, -0.1) is 11.3 Å². The van der Waals surface area contributed by atoms with E-state index in [1.807, 2.05) is 88.7 Å². The van der Waals surface area contributed by atoms with E-state index in [-0.39, 0.29) is 55.1 Å². The van der Waals surface area contributed by atoms with Crippen LogP contribution in [0.3, 0.4) is 0 Å². The average molecular weight is 969 g/mol. The van der Waals surface area contributed by atoms with Gasteiger partial charge in [-0.25, -0.2) is 9.97 Å². The van der Waals surface area contributed by atoms with E-state index in [0.29, 0.717) is 60.1 Å². The van der Waals surface area contributed by atoms with E-state index in [9.17, 15) is 29.1 Å². The molecule has 0 bridgehead atoms. The van der Waals surface area contributed by atoms with E-state index in [1.54, 1.807) is 53.7 Å². The van der Waals surface area contributed by atoms with Crippen molar-refractivity contribution in [2.24, 2.45) is 5.41 Å². The number of thiazole rings is 1. The predicted octanol–water partition coefficient (Wildman–Crippen LogP) is 7.98. The Labute approximate surface area is 413 Å². The van der Waals surface area contributed by atoms with Gasteiger partial charge in [-0.3, -0.25) is 24.0 Å². The first kappa shape index (κ1) is 49.7. The van der Waals surface area contributed by atoms with E-state index in [4.69, 9.17) is 4.98 Å². The van der Waals surface area contributed by atoms with Crippen molar-refractivity contribution >= 4 is 69.7 Å². The Hall–Kier alpha value is -6.72. The SMILES string of the molecule is Cc1ncsc1-c1ccc([C@H](C)NC(=O)[C@@H]2C[C@@H](O)CN2C(=O)[C@@H](NC(=O)CCCCCNC(=O)c2ccc(Nc3ncc4c(n3)N(C3CCCC3)c3ccccc3C(=O)N4C)cc2)C(C)(C)C)cc1. The maximum atomic E-state index is 14.1. The van der Waals surface area contributed by atoms with Gasteiger partial charge in [0, 0.05) is 50.3 Å². The molecule has 8 rings (SSSR count). The Bertz CT molecular complexity index is 2700. The summed E-state index contributed by atoms with van der Waals surface area (Å²) in [7, 11) is 1.75. The number of aliphatic hydroxyl groups excluding tert-OH is 1. The number of nitrogens with zero attached hydrogens (tertiary/aromatic N) is 6. The number of fused-ring (bicyclic) bond motifs is 2. The Morgan fingerprint density at radius 2 is 1.63 bits per heavy atom. The normalized spacial score (nSPS) is 17.9. The van der Waals surface area contributed by atoms with Crippen molar-refractivity contribution < 1.29 is 29.1 Å². The molecule has 16 nitrogen and oxygen atoms in total. The molecule has 1 aliphatic carbocycles. The van der Waals surface area contributed by atoms with Crippen molar-refractivity contribution in [1.29, 1.82) is 0 Å². The monoisotopic (exact) mass is 968 g/mol. The third-order valence-corrected chi connectivity index (χ3v) is 14.5. The molecule has 2 fully saturated rings. The van der Waals surface area contributed by atoms with E-state index < -0.39 is 29.5 Å². The number of anilines is 5. The summed E-state index contributed by atoms with van der Waals surface area (Å²) >= 11 is 1.57. The smallest absolute Gasteiger partial charge is 0.260 e. The van der Waals surface area contributed by atoms with Gasteiger partial charge >= 0.3 is 0 Å². The number of amides is 5. The number of hydrogen-bond donors (Lipinski definition) is 5. The molecule has 70 heavy (non-hydrogen) atoms. The number of unbranched alkanes of at least 4 members (excludes halogenated alkanes) is 2. The molecular weight excluding hydrogens is 905 g/mol. The summed E-state index contributed by atoms with van der Waals surface area (Å²) < 4.78 is 0. The largest absolute Gasteiger partial charge is 0.391 e. The molecule has 3 aromatic carbocycles. The van der Waals surface area contributed by atoms with E-state index in [2.05, 4.69) is 36.1 Å². The van der Waals surface area contributed by atoms with Gasteiger partial charge in [0.15, 0.2) is 5.82 Å². The first-order valence-electron chi connectivity index (χ1n) is 24.3. The first-order chi connectivity index (χ1) is 33.6. The van der Waals surface area contributed by atoms with Crippen LogP contribution >= 0.6 is 11.3 Å². The second kappa shape index (κ2) is 21.5. The molecular formula is C53H64N10O6S. The second-order valence-corrected chi connectivity index (χ2v) is 20.6. The number of aryl methyl sites for hydroxylation is 1. The number of likely N-dealkylation sites (tertiary alicyclic amines) is 1. The molecule has 2 aliphatic heterocycles. The molecule has 0 spiro atoms. The van der Waals surface area contributed by atoms with Gasteiger partial charge in [0.1, 0.15) is 17.8 Å². The Balaban J connectivity index is 0.790. The van der Waals surface area contributed by atoms with Gasteiger partial charge in [-0.2, -0.15) is 4.98 Å². The molecule has 0 radical (unpaired) electrons. The number of benzene rings is 3. The number of rotatable bonds is 16. The standard InChI is InChI=1S/C53H64N10O6S/c1-32(34-19-21-35(22-20-34)45-33(2)56-31-70-45)57-49(67)42-28-39(64)30-62(42)51(69)46(53(3,4)5)59-44(65)18-8-7-13-27-54-48(66)36-23-25-37(26-24-36)58-52-55-29-43-47(60-52)63(38-14-9-10-15-38)41-17-12-11-16-40(41)50(68)61(43)6/h11-12,16-17,19-26,29,31-32,38-39,42,46,64H,7-10,13-15,18,27-28,30H2,1-6H3,(H,54,66)(H,57,67)(H,59,65)(H,55,58,60)/t32-,39+,42-,46+/m0/s1. The van der Waals surface area contributed by atoms with Crippen LogP contribution in [0.1, 0.15) is 123 Å². The average Bonchev–Trinajstić information content (AvgIpc) is 4.12. The molecule has 5 aromatic rings. The lowest BCUT2D eigenvalue weighted by Gasteiger charge is -2.35. The third-order valence-electron chi connectivity index (χ3n) is 13.6. The summed E-state index contributed by atoms with van der Waals surface area (Å²) in [6, 6.07) is 20.7. The Morgan fingerprint density at radius 1 is 0.900 bits per heavy atom. The molecule has 2 aromatic heterocycles. The fourth-order valence-electron chi connectivity index (χ4n) is 9.62. The highest BCUT2D eigenvalue weighted by molar-refractivity contribution is 7.13. The van der Waals surface area contributed by atoms with Crippen LogP contribution in [0, 0.1) is 12.3 Å². The van der Waals surface area contributed by atoms with Crippen LogP contribution in [-0.2, 0) is 14.4 Å². The molecule has 1 saturated carbocycles. The van der Waals surface area contributed by atoms with Crippen LogP contribution in [0.25, 0.3) is 10.4 Å². The molecule has 5 amide bonds. The number of aliphatic hydroxyl groups is 1. The van der Waals surface area contributed by atoms with Crippen LogP contribution < -0.4 is 31.1 Å². The van der Waals surface area contributed by atoms with Crippen LogP contribution in [-0.4, -0.2) is 98.9 Å². The van der Waals surface area contributed by atoms with Crippen molar-refractivity contribution in [1.82, 2.24) is 35.8 Å². The summed E-state index contributed by atoms with van der Waals surface area (Å²) in [6.07, 6.45) is 7.21. The topological polar surface area (TPSA) is 202 Å². The minimum atomic E-state index is -0.921. The minimum Gasteiger partial charge on any atom is -0.391 e. The number of carbonyl (C=O) groups excluding carboxylic acids is 5. The van der Waals surface area contributed by atoms with Crippen LogP contribution in [0.5, 0.6) is 0 Å². The van der Waals surface area contributed by atoms with E-state index in [0.717, 1.165) is 53.1 Å². The summed E-state index contributed by atoms with van der Waals surface area (Å²) in [6.45, 7) is 9.85. The number of nitrogens with one attached hydrogen (secondary N) is 4. The lowest BCUT2D eigenvalue weighted by molar-refractivity contribution is -0.144. The molecule has 4 atom stereocenters. The number of hydrogen-bond acceptors (Lipinski definition) is 12. The third kappa shape index (κ3) is 11.2. The zero-order chi connectivity index (χ0) is 49.7. The molecule has 1 saturated heterocycles. The van der Waals surface area contributed by atoms with Crippen molar-refractivity contribution in [2.45, 2.75) is 123 Å². The Kier molecular flexibility index (Phi) is 15.3. The van der Waals surface area contributed by atoms with E-state index in [1.165, 1.54) is 4.90 Å². The van der Waals surface area contributed by atoms with Gasteiger partial charge < -0.3 is 41.1 Å². The van der Waals surface area contributed by atoms with Gasteiger partial charge in [0.2, 0.25) is 23.7 Å². The highest BCUT2D eigenvalue weighted by Crippen LogP contribution is 2.43. The van der Waals surface area contributed by atoms with Crippen LogP contribution in [0.2, 0.25) is 0 Å². The van der Waals surface area contributed by atoms with Crippen molar-refractivity contribution in [2.75, 3.05) is 35.3 Å².